The molecule has 1 aliphatic carbocycles. The van der Waals surface area contributed by atoms with E-state index in [0.717, 1.165) is 48.9 Å². The number of nitrogens with zero attached hydrogens (tertiary/aromatic N) is 3. The number of ketones is 1. The zero-order chi connectivity index (χ0) is 28.4. The van der Waals surface area contributed by atoms with Crippen LogP contribution >= 0.6 is 0 Å². The number of hydrogen-bond donors (Lipinski definition) is 1. The van der Waals surface area contributed by atoms with E-state index < -0.39 is 41.0 Å². The second-order valence-electron chi connectivity index (χ2n) is 10.4. The lowest BCUT2D eigenvalue weighted by Gasteiger charge is -2.22. The standard InChI is InChI=1S/C28H28F3N3O6/c29-28(30,31)19-4-8-23-22(13-19)26(36)34(33-32-23)14-18-3-7-21(24(18)27(37)38)25(35)17-1-5-20(6-2-17)40-15-16-9-11-39-12-10-16/h1-2,4-6,8,13,16,18,21,24H,3,7,9-12,14-15H2,(H,37,38)/t18-,21-,24-/m0/s1. The van der Waals surface area contributed by atoms with Crippen LogP contribution in [-0.4, -0.2) is 51.7 Å². The number of aliphatic carboxylic acids is 1. The maximum Gasteiger partial charge on any atom is 0.416 e. The average Bonchev–Trinajstić information content (AvgIpc) is 3.37. The minimum absolute atomic E-state index is 0.00342. The van der Waals surface area contributed by atoms with Crippen LogP contribution in [-0.2, 0) is 22.3 Å². The molecule has 3 atom stereocenters. The van der Waals surface area contributed by atoms with E-state index in [4.69, 9.17) is 9.47 Å². The summed E-state index contributed by atoms with van der Waals surface area (Å²) in [6.07, 6.45) is -2.16. The lowest BCUT2D eigenvalue weighted by molar-refractivity contribution is -0.144. The van der Waals surface area contributed by atoms with Gasteiger partial charge in [-0.1, -0.05) is 5.21 Å². The monoisotopic (exact) mass is 559 g/mol. The Bertz CT molecular complexity index is 1450. The Labute approximate surface area is 226 Å². The van der Waals surface area contributed by atoms with Gasteiger partial charge in [0.2, 0.25) is 0 Å². The molecule has 0 amide bonds. The predicted molar refractivity (Wildman–Crippen MR) is 136 cm³/mol. The number of ether oxygens (including phenoxy) is 2. The van der Waals surface area contributed by atoms with Crippen molar-refractivity contribution >= 4 is 22.7 Å². The van der Waals surface area contributed by atoms with Crippen LogP contribution in [0, 0.1) is 23.7 Å². The molecule has 9 nitrogen and oxygen atoms in total. The predicted octanol–water partition coefficient (Wildman–Crippen LogP) is 4.23. The van der Waals surface area contributed by atoms with Gasteiger partial charge < -0.3 is 14.6 Å². The minimum Gasteiger partial charge on any atom is -0.493 e. The summed E-state index contributed by atoms with van der Waals surface area (Å²) in [5, 5.41) is 17.4. The Balaban J connectivity index is 1.29. The van der Waals surface area contributed by atoms with Crippen molar-refractivity contribution in [2.75, 3.05) is 19.8 Å². The molecule has 1 saturated carbocycles. The lowest BCUT2D eigenvalue weighted by Crippen LogP contribution is -2.34. The molecule has 1 saturated heterocycles. The third-order valence-corrected chi connectivity index (χ3v) is 7.83. The maximum absolute atomic E-state index is 13.3. The van der Waals surface area contributed by atoms with Crippen LogP contribution in [0.1, 0.15) is 41.6 Å². The number of hydrogen-bond acceptors (Lipinski definition) is 7. The molecule has 2 fully saturated rings. The highest BCUT2D eigenvalue weighted by Crippen LogP contribution is 2.40. The molecular weight excluding hydrogens is 531 g/mol. The van der Waals surface area contributed by atoms with Crippen molar-refractivity contribution in [2.24, 2.45) is 23.7 Å². The number of carboxylic acid groups (broad SMARTS) is 1. The summed E-state index contributed by atoms with van der Waals surface area (Å²) in [7, 11) is 0. The van der Waals surface area contributed by atoms with Gasteiger partial charge in [0.15, 0.2) is 5.78 Å². The number of rotatable bonds is 8. The van der Waals surface area contributed by atoms with E-state index in [-0.39, 0.29) is 29.7 Å². The SMILES string of the molecule is O=C(O)[C@H]1[C@H](Cn2nnc3ccc(C(F)(F)F)cc3c2=O)CC[C@@H]1C(=O)c1ccc(OCC2CCOCC2)cc1. The molecule has 0 unspecified atom stereocenters. The zero-order valence-electron chi connectivity index (χ0n) is 21.5. The number of carbonyl (C=O) groups excluding carboxylic acids is 1. The van der Waals surface area contributed by atoms with Crippen molar-refractivity contribution in [1.82, 2.24) is 15.0 Å². The Kier molecular flexibility index (Phi) is 7.88. The molecule has 2 aromatic carbocycles. The van der Waals surface area contributed by atoms with Crippen molar-refractivity contribution < 1.29 is 37.3 Å². The Hall–Kier alpha value is -3.80. The average molecular weight is 560 g/mol. The fraction of sp³-hybridized carbons (Fsp3) is 0.464. The topological polar surface area (TPSA) is 121 Å². The summed E-state index contributed by atoms with van der Waals surface area (Å²) in [6, 6.07) is 9.22. The largest absolute Gasteiger partial charge is 0.493 e. The van der Waals surface area contributed by atoms with Crippen LogP contribution in [0.5, 0.6) is 5.75 Å². The number of carbonyl (C=O) groups is 2. The van der Waals surface area contributed by atoms with Crippen molar-refractivity contribution in [3.05, 3.63) is 63.9 Å². The van der Waals surface area contributed by atoms with E-state index in [1.54, 1.807) is 24.3 Å². The van der Waals surface area contributed by atoms with Gasteiger partial charge in [0.05, 0.1) is 30.0 Å². The van der Waals surface area contributed by atoms with Crippen LogP contribution < -0.4 is 10.3 Å². The third-order valence-electron chi connectivity index (χ3n) is 7.83. The molecule has 0 spiro atoms. The van der Waals surface area contributed by atoms with E-state index in [1.807, 2.05) is 0 Å². The highest BCUT2D eigenvalue weighted by molar-refractivity contribution is 6.00. The number of Topliss-reactive ketones (excluding diaryl/α,β-unsaturated/α-hetero) is 1. The van der Waals surface area contributed by atoms with Gasteiger partial charge in [0, 0.05) is 24.7 Å². The molecule has 1 aromatic heterocycles. The fourth-order valence-electron chi connectivity index (χ4n) is 5.60. The first-order valence-corrected chi connectivity index (χ1v) is 13.1. The first kappa shape index (κ1) is 27.8. The molecule has 12 heteroatoms. The molecule has 212 valence electrons. The van der Waals surface area contributed by atoms with Gasteiger partial charge in [-0.15, -0.1) is 5.10 Å². The molecular formula is C28H28F3N3O6. The van der Waals surface area contributed by atoms with Crippen LogP contribution in [0.4, 0.5) is 13.2 Å². The number of fused-ring (bicyclic) bond motifs is 1. The Morgan fingerprint density at radius 3 is 2.45 bits per heavy atom. The summed E-state index contributed by atoms with van der Waals surface area (Å²) in [5.74, 6) is -3.03. The van der Waals surface area contributed by atoms with Crippen LogP contribution in [0.25, 0.3) is 10.9 Å². The van der Waals surface area contributed by atoms with Crippen molar-refractivity contribution in [3.63, 3.8) is 0 Å². The summed E-state index contributed by atoms with van der Waals surface area (Å²) in [6.45, 7) is 1.81. The summed E-state index contributed by atoms with van der Waals surface area (Å²) in [5.41, 5.74) is -1.43. The van der Waals surface area contributed by atoms with E-state index in [2.05, 4.69) is 10.3 Å². The van der Waals surface area contributed by atoms with Gasteiger partial charge in [0.25, 0.3) is 5.56 Å². The fourth-order valence-corrected chi connectivity index (χ4v) is 5.60. The summed E-state index contributed by atoms with van der Waals surface area (Å²) >= 11 is 0. The molecule has 1 N–H and O–H groups in total. The molecule has 2 aliphatic rings. The highest BCUT2D eigenvalue weighted by Gasteiger charge is 2.45. The summed E-state index contributed by atoms with van der Waals surface area (Å²) in [4.78, 5) is 38.5. The first-order chi connectivity index (χ1) is 19.1. The zero-order valence-corrected chi connectivity index (χ0v) is 21.5. The second kappa shape index (κ2) is 11.4. The number of benzene rings is 2. The van der Waals surface area contributed by atoms with Crippen LogP contribution in [0.3, 0.4) is 0 Å². The Morgan fingerprint density at radius 1 is 1.05 bits per heavy atom. The van der Waals surface area contributed by atoms with Gasteiger partial charge in [-0.05, 0) is 80.0 Å². The molecule has 3 aromatic rings. The molecule has 5 rings (SSSR count). The molecule has 1 aliphatic heterocycles. The normalized spacial score (nSPS) is 21.9. The number of alkyl halides is 3. The van der Waals surface area contributed by atoms with Crippen LogP contribution in [0.2, 0.25) is 0 Å². The smallest absolute Gasteiger partial charge is 0.416 e. The number of aromatic nitrogens is 3. The maximum atomic E-state index is 13.3. The highest BCUT2D eigenvalue weighted by atomic mass is 19.4. The summed E-state index contributed by atoms with van der Waals surface area (Å²) < 4.78 is 51.6. The molecule has 0 bridgehead atoms. The molecule has 2 heterocycles. The van der Waals surface area contributed by atoms with Gasteiger partial charge in [-0.25, -0.2) is 4.68 Å². The Morgan fingerprint density at radius 2 is 1.77 bits per heavy atom. The number of halogens is 3. The van der Waals surface area contributed by atoms with Crippen molar-refractivity contribution in [1.29, 1.82) is 0 Å². The van der Waals surface area contributed by atoms with Gasteiger partial charge in [-0.2, -0.15) is 13.2 Å². The number of carboxylic acids is 1. The molecule has 40 heavy (non-hydrogen) atoms. The molecule has 0 radical (unpaired) electrons. The van der Waals surface area contributed by atoms with Crippen LogP contribution in [0.15, 0.2) is 47.3 Å². The van der Waals surface area contributed by atoms with E-state index in [9.17, 15) is 32.7 Å². The first-order valence-electron chi connectivity index (χ1n) is 13.1. The van der Waals surface area contributed by atoms with E-state index in [0.29, 0.717) is 30.3 Å². The van der Waals surface area contributed by atoms with Gasteiger partial charge in [-0.3, -0.25) is 14.4 Å². The second-order valence-corrected chi connectivity index (χ2v) is 10.4. The van der Waals surface area contributed by atoms with E-state index in [1.165, 1.54) is 0 Å². The third kappa shape index (κ3) is 5.86. The van der Waals surface area contributed by atoms with Gasteiger partial charge in [0.1, 0.15) is 11.3 Å². The minimum atomic E-state index is -4.64. The lowest BCUT2D eigenvalue weighted by atomic mass is 9.84. The van der Waals surface area contributed by atoms with Crippen molar-refractivity contribution in [3.8, 4) is 5.75 Å². The quantitative estimate of drug-likeness (QED) is 0.407. The van der Waals surface area contributed by atoms with Crippen molar-refractivity contribution in [2.45, 2.75) is 38.4 Å². The van der Waals surface area contributed by atoms with Gasteiger partial charge >= 0.3 is 12.1 Å². The van der Waals surface area contributed by atoms with E-state index >= 15 is 0 Å².